The van der Waals surface area contributed by atoms with Crippen molar-refractivity contribution in [3.05, 3.63) is 11.6 Å². The molecule has 0 saturated heterocycles. The van der Waals surface area contributed by atoms with Gasteiger partial charge in [0.2, 0.25) is 0 Å². The molecule has 0 aromatic heterocycles. The average Bonchev–Trinajstić information content (AvgIpc) is 3.03. The number of rotatable bonds is 6. The van der Waals surface area contributed by atoms with E-state index in [0.717, 1.165) is 42.6 Å². The highest BCUT2D eigenvalue weighted by atomic mass is 16.4. The molecule has 0 bridgehead atoms. The lowest BCUT2D eigenvalue weighted by Crippen LogP contribution is -2.52. The Morgan fingerprint density at radius 1 is 1.03 bits per heavy atom. The molecule has 0 aromatic carbocycles. The van der Waals surface area contributed by atoms with Gasteiger partial charge in [0.1, 0.15) is 0 Å². The minimum atomic E-state index is -0.694. The molecule has 8 atom stereocenters. The van der Waals surface area contributed by atoms with Crippen molar-refractivity contribution in [3.63, 3.8) is 0 Å². The van der Waals surface area contributed by atoms with Gasteiger partial charge in [-0.25, -0.2) is 0 Å². The number of hydrogen-bond acceptors (Lipinski definition) is 2. The lowest BCUT2D eigenvalue weighted by Gasteiger charge is -2.60. The predicted molar refractivity (Wildman–Crippen MR) is 117 cm³/mol. The number of hydrogen-bond donors (Lipinski definition) is 2. The van der Waals surface area contributed by atoms with Crippen LogP contribution in [0.2, 0.25) is 0 Å². The van der Waals surface area contributed by atoms with Gasteiger partial charge < -0.3 is 10.2 Å². The molecule has 0 amide bonds. The summed E-state index contributed by atoms with van der Waals surface area (Å²) >= 11 is 0. The minimum absolute atomic E-state index is 0.220. The monoisotopic (exact) mass is 416 g/mol. The fourth-order valence-corrected chi connectivity index (χ4v) is 8.82. The molecule has 30 heavy (non-hydrogen) atoms. The summed E-state index contributed by atoms with van der Waals surface area (Å²) in [6.45, 7) is 7.33. The van der Waals surface area contributed by atoms with E-state index < -0.39 is 11.9 Å². The van der Waals surface area contributed by atoms with E-state index >= 15 is 0 Å². The lowest BCUT2D eigenvalue weighted by atomic mass is 9.44. The van der Waals surface area contributed by atoms with Crippen LogP contribution in [-0.2, 0) is 9.59 Å². The highest BCUT2D eigenvalue weighted by Gasteiger charge is 2.60. The Hall–Kier alpha value is -1.32. The normalized spacial score (nSPS) is 43.7. The number of allylic oxidation sites excluding steroid dienone is 1. The van der Waals surface area contributed by atoms with Crippen LogP contribution >= 0.6 is 0 Å². The first-order valence-corrected chi connectivity index (χ1v) is 12.3. The zero-order valence-corrected chi connectivity index (χ0v) is 19.0. The van der Waals surface area contributed by atoms with Crippen LogP contribution in [0, 0.1) is 46.3 Å². The second kappa shape index (κ2) is 7.98. The SMILES string of the molecule is C[C@H](CCC(=O)O)[C@H]1CC[C@H]2[C@@H]3CCC4CC(CC(=O)O)=CC[C@]4(C)[C@H]3CC[C@]12C. The molecule has 1 unspecified atom stereocenters. The second-order valence-corrected chi connectivity index (χ2v) is 11.6. The Kier molecular flexibility index (Phi) is 5.83. The van der Waals surface area contributed by atoms with Gasteiger partial charge in [-0.05, 0) is 104 Å². The molecular formula is C26H40O4. The maximum Gasteiger partial charge on any atom is 0.307 e. The Bertz CT molecular complexity index is 727. The maximum absolute atomic E-state index is 11.2. The van der Waals surface area contributed by atoms with Crippen molar-refractivity contribution in [2.45, 2.75) is 91.4 Å². The van der Waals surface area contributed by atoms with Gasteiger partial charge in [-0.2, -0.15) is 0 Å². The third kappa shape index (κ3) is 3.62. The van der Waals surface area contributed by atoms with E-state index in [0.29, 0.717) is 35.0 Å². The number of carboxylic acid groups (broad SMARTS) is 2. The first kappa shape index (κ1) is 21.9. The summed E-state index contributed by atoms with van der Waals surface area (Å²) in [5.41, 5.74) is 1.86. The molecule has 0 heterocycles. The quantitative estimate of drug-likeness (QED) is 0.509. The zero-order valence-electron chi connectivity index (χ0n) is 19.0. The third-order valence-electron chi connectivity index (χ3n) is 10.4. The van der Waals surface area contributed by atoms with Crippen molar-refractivity contribution in [1.29, 1.82) is 0 Å². The van der Waals surface area contributed by atoms with Gasteiger partial charge in [0.25, 0.3) is 0 Å². The van der Waals surface area contributed by atoms with Gasteiger partial charge in [0.15, 0.2) is 0 Å². The topological polar surface area (TPSA) is 74.6 Å². The van der Waals surface area contributed by atoms with Crippen molar-refractivity contribution in [2.75, 3.05) is 0 Å². The van der Waals surface area contributed by atoms with E-state index in [1.54, 1.807) is 0 Å². The maximum atomic E-state index is 11.2. The van der Waals surface area contributed by atoms with E-state index in [2.05, 4.69) is 26.8 Å². The van der Waals surface area contributed by atoms with Crippen LogP contribution in [-0.4, -0.2) is 22.2 Å². The van der Waals surface area contributed by atoms with Crippen LogP contribution in [0.3, 0.4) is 0 Å². The van der Waals surface area contributed by atoms with Crippen LogP contribution in [0.1, 0.15) is 91.4 Å². The van der Waals surface area contributed by atoms with Gasteiger partial charge in [-0.15, -0.1) is 0 Å². The zero-order chi connectivity index (χ0) is 21.7. The molecule has 0 radical (unpaired) electrons. The summed E-state index contributed by atoms with van der Waals surface area (Å²) in [7, 11) is 0. The minimum Gasteiger partial charge on any atom is -0.481 e. The molecule has 0 spiro atoms. The average molecular weight is 417 g/mol. The summed E-state index contributed by atoms with van der Waals surface area (Å²) in [6.07, 6.45) is 13.4. The number of carbonyl (C=O) groups is 2. The molecule has 3 fully saturated rings. The molecule has 4 nitrogen and oxygen atoms in total. The van der Waals surface area contributed by atoms with E-state index in [1.165, 1.54) is 38.5 Å². The summed E-state index contributed by atoms with van der Waals surface area (Å²) in [6, 6.07) is 0. The smallest absolute Gasteiger partial charge is 0.307 e. The summed E-state index contributed by atoms with van der Waals surface area (Å²) in [5, 5.41) is 18.3. The van der Waals surface area contributed by atoms with Crippen LogP contribution in [0.15, 0.2) is 11.6 Å². The van der Waals surface area contributed by atoms with E-state index in [1.807, 2.05) is 0 Å². The van der Waals surface area contributed by atoms with Gasteiger partial charge in [-0.1, -0.05) is 32.4 Å². The lowest BCUT2D eigenvalue weighted by molar-refractivity contribution is -0.138. The second-order valence-electron chi connectivity index (χ2n) is 11.6. The largest absolute Gasteiger partial charge is 0.481 e. The fourth-order valence-electron chi connectivity index (χ4n) is 8.82. The molecule has 4 aliphatic rings. The van der Waals surface area contributed by atoms with Crippen molar-refractivity contribution < 1.29 is 19.8 Å². The highest BCUT2D eigenvalue weighted by Crippen LogP contribution is 2.68. The first-order chi connectivity index (χ1) is 14.1. The molecule has 4 rings (SSSR count). The van der Waals surface area contributed by atoms with Crippen molar-refractivity contribution >= 4 is 11.9 Å². The molecule has 4 aliphatic carbocycles. The van der Waals surface area contributed by atoms with Gasteiger partial charge >= 0.3 is 11.9 Å². The number of carboxylic acids is 2. The fraction of sp³-hybridized carbons (Fsp3) is 0.846. The van der Waals surface area contributed by atoms with Crippen molar-refractivity contribution in [1.82, 2.24) is 0 Å². The predicted octanol–water partition coefficient (Wildman–Crippen LogP) is 6.16. The van der Waals surface area contributed by atoms with Crippen LogP contribution in [0.25, 0.3) is 0 Å². The number of fused-ring (bicyclic) bond motifs is 5. The Labute approximate surface area is 181 Å². The molecule has 2 N–H and O–H groups in total. The van der Waals surface area contributed by atoms with Crippen LogP contribution in [0.5, 0.6) is 0 Å². The molecular weight excluding hydrogens is 376 g/mol. The van der Waals surface area contributed by atoms with E-state index in [-0.39, 0.29) is 6.42 Å². The molecule has 3 saturated carbocycles. The summed E-state index contributed by atoms with van der Waals surface area (Å²) in [4.78, 5) is 22.3. The standard InChI is InChI=1S/C26H40O4/c1-16(4-9-23(27)28)20-7-8-21-19-6-5-18-14-17(15-24(29)30)10-12-25(18,2)22(19)11-13-26(20,21)3/h10,16,18-22H,4-9,11-15H2,1-3H3,(H,27,28)(H,29,30)/t16-,18?,19+,20-,21+,22+,25+,26-/m1/s1. The molecule has 4 heteroatoms. The van der Waals surface area contributed by atoms with Crippen molar-refractivity contribution in [2.24, 2.45) is 46.3 Å². The molecule has 0 aliphatic heterocycles. The van der Waals surface area contributed by atoms with Gasteiger partial charge in [-0.3, -0.25) is 9.59 Å². The molecule has 168 valence electrons. The molecule has 0 aromatic rings. The first-order valence-electron chi connectivity index (χ1n) is 12.3. The summed E-state index contributed by atoms with van der Waals surface area (Å²) < 4.78 is 0. The van der Waals surface area contributed by atoms with Crippen molar-refractivity contribution in [3.8, 4) is 0 Å². The third-order valence-corrected chi connectivity index (χ3v) is 10.4. The van der Waals surface area contributed by atoms with Gasteiger partial charge in [0.05, 0.1) is 6.42 Å². The van der Waals surface area contributed by atoms with Crippen LogP contribution in [0.4, 0.5) is 0 Å². The highest BCUT2D eigenvalue weighted by molar-refractivity contribution is 5.70. The Morgan fingerprint density at radius 2 is 1.77 bits per heavy atom. The van der Waals surface area contributed by atoms with Crippen LogP contribution < -0.4 is 0 Å². The Balaban J connectivity index is 1.50. The van der Waals surface area contributed by atoms with E-state index in [4.69, 9.17) is 5.11 Å². The summed E-state index contributed by atoms with van der Waals surface area (Å²) in [5.74, 6) is 2.81. The van der Waals surface area contributed by atoms with Gasteiger partial charge in [0, 0.05) is 6.42 Å². The van der Waals surface area contributed by atoms with E-state index in [9.17, 15) is 14.7 Å². The Morgan fingerprint density at radius 3 is 2.47 bits per heavy atom. The number of aliphatic carboxylic acids is 2.